The molecule has 0 spiro atoms. The van der Waals surface area contributed by atoms with Crippen LogP contribution in [0.1, 0.15) is 0 Å². The van der Waals surface area contributed by atoms with Crippen LogP contribution < -0.4 is 5.32 Å². The molecule has 2 heterocycles. The molecule has 0 aliphatic carbocycles. The summed E-state index contributed by atoms with van der Waals surface area (Å²) < 4.78 is 27.3. The van der Waals surface area contributed by atoms with Crippen molar-refractivity contribution < 1.29 is 8.78 Å². The van der Waals surface area contributed by atoms with Crippen LogP contribution in [-0.2, 0) is 0 Å². The Hall–Kier alpha value is -2.68. The number of hydrogen-bond acceptors (Lipinski definition) is 6. The molecule has 0 unspecified atom stereocenters. The monoisotopic (exact) mass is 309 g/mol. The summed E-state index contributed by atoms with van der Waals surface area (Å²) in [6.07, 6.45) is 2.69. The van der Waals surface area contributed by atoms with Crippen LogP contribution in [0.15, 0.2) is 30.9 Å². The molecule has 0 saturated carbocycles. The van der Waals surface area contributed by atoms with Gasteiger partial charge in [-0.2, -0.15) is 24.7 Å². The molecule has 0 radical (unpaired) electrons. The van der Waals surface area contributed by atoms with Crippen molar-refractivity contribution in [3.8, 4) is 5.95 Å². The van der Waals surface area contributed by atoms with Gasteiger partial charge in [0.15, 0.2) is 11.6 Å². The van der Waals surface area contributed by atoms with Gasteiger partial charge in [0.05, 0.1) is 0 Å². The molecule has 0 aliphatic rings. The minimum Gasteiger partial charge on any atom is -0.324 e. The van der Waals surface area contributed by atoms with Crippen molar-refractivity contribution in [2.75, 3.05) is 5.32 Å². The highest BCUT2D eigenvalue weighted by atomic mass is 35.5. The first kappa shape index (κ1) is 13.3. The summed E-state index contributed by atoms with van der Waals surface area (Å²) >= 11 is 5.79. The van der Waals surface area contributed by atoms with Gasteiger partial charge >= 0.3 is 0 Å². The highest BCUT2D eigenvalue weighted by Gasteiger charge is 2.09. The number of benzene rings is 1. The van der Waals surface area contributed by atoms with E-state index in [0.717, 1.165) is 12.1 Å². The smallest absolute Gasteiger partial charge is 0.258 e. The van der Waals surface area contributed by atoms with Gasteiger partial charge in [0.25, 0.3) is 5.95 Å². The molecule has 1 N–H and O–H groups in total. The summed E-state index contributed by atoms with van der Waals surface area (Å²) in [7, 11) is 0. The molecule has 3 rings (SSSR count). The van der Waals surface area contributed by atoms with E-state index in [-0.39, 0.29) is 22.9 Å². The highest BCUT2D eigenvalue weighted by Crippen LogP contribution is 2.17. The first-order chi connectivity index (χ1) is 10.1. The van der Waals surface area contributed by atoms with Gasteiger partial charge in [-0.15, -0.1) is 0 Å². The van der Waals surface area contributed by atoms with Gasteiger partial charge in [0.1, 0.15) is 12.7 Å². The summed E-state index contributed by atoms with van der Waals surface area (Å²) in [5.41, 5.74) is 0.265. The van der Waals surface area contributed by atoms with Crippen LogP contribution in [0.4, 0.5) is 20.4 Å². The number of hydrogen-bond donors (Lipinski definition) is 1. The lowest BCUT2D eigenvalue weighted by Gasteiger charge is -2.06. The second kappa shape index (κ2) is 5.37. The van der Waals surface area contributed by atoms with E-state index in [1.54, 1.807) is 0 Å². The molecule has 2 aromatic heterocycles. The van der Waals surface area contributed by atoms with Crippen molar-refractivity contribution in [1.82, 2.24) is 29.7 Å². The summed E-state index contributed by atoms with van der Waals surface area (Å²) in [5, 5.41) is 6.48. The quantitative estimate of drug-likeness (QED) is 0.798. The Morgan fingerprint density at radius 2 is 1.95 bits per heavy atom. The lowest BCUT2D eigenvalue weighted by Crippen LogP contribution is -2.07. The molecule has 3 aromatic rings. The maximum atomic E-state index is 13.1. The Morgan fingerprint density at radius 3 is 2.67 bits per heavy atom. The van der Waals surface area contributed by atoms with E-state index >= 15 is 0 Å². The summed E-state index contributed by atoms with van der Waals surface area (Å²) in [6.45, 7) is 0. The summed E-state index contributed by atoms with van der Waals surface area (Å²) in [6, 6.07) is 3.30. The first-order valence-electron chi connectivity index (χ1n) is 5.60. The normalized spacial score (nSPS) is 10.6. The maximum Gasteiger partial charge on any atom is 0.258 e. The van der Waals surface area contributed by atoms with Crippen LogP contribution in [0.25, 0.3) is 5.95 Å². The molecule has 1 aromatic carbocycles. The average molecular weight is 310 g/mol. The minimum absolute atomic E-state index is 0.0616. The zero-order valence-electron chi connectivity index (χ0n) is 10.2. The van der Waals surface area contributed by atoms with Gasteiger partial charge in [0.2, 0.25) is 11.2 Å². The van der Waals surface area contributed by atoms with E-state index in [2.05, 4.69) is 30.4 Å². The van der Waals surface area contributed by atoms with Crippen molar-refractivity contribution in [2.45, 2.75) is 0 Å². The van der Waals surface area contributed by atoms with Gasteiger partial charge in [-0.3, -0.25) is 0 Å². The van der Waals surface area contributed by atoms with Gasteiger partial charge in [0, 0.05) is 11.8 Å². The molecule has 0 amide bonds. The third-order valence-electron chi connectivity index (χ3n) is 2.40. The fraction of sp³-hybridized carbons (Fsp3) is 0. The number of rotatable bonds is 3. The topological polar surface area (TPSA) is 81.4 Å². The molecule has 0 atom stereocenters. The zero-order chi connectivity index (χ0) is 14.8. The third kappa shape index (κ3) is 2.92. The van der Waals surface area contributed by atoms with Crippen LogP contribution in [-0.4, -0.2) is 29.7 Å². The second-order valence-corrected chi connectivity index (χ2v) is 4.16. The molecule has 106 valence electrons. The molecule has 7 nitrogen and oxygen atoms in total. The van der Waals surface area contributed by atoms with Crippen molar-refractivity contribution in [3.05, 3.63) is 47.8 Å². The lowest BCUT2D eigenvalue weighted by atomic mass is 10.3. The summed E-state index contributed by atoms with van der Waals surface area (Å²) in [5.74, 6) is -1.74. The molecule has 21 heavy (non-hydrogen) atoms. The largest absolute Gasteiger partial charge is 0.324 e. The molecule has 0 saturated heterocycles. The van der Waals surface area contributed by atoms with Crippen LogP contribution in [0.3, 0.4) is 0 Å². The zero-order valence-corrected chi connectivity index (χ0v) is 11.0. The molecular weight excluding hydrogens is 304 g/mol. The van der Waals surface area contributed by atoms with Gasteiger partial charge in [-0.1, -0.05) is 0 Å². The van der Waals surface area contributed by atoms with Gasteiger partial charge in [-0.25, -0.2) is 13.8 Å². The molecule has 0 bridgehead atoms. The number of nitrogens with one attached hydrogen (secondary N) is 1. The van der Waals surface area contributed by atoms with Crippen LogP contribution >= 0.6 is 11.6 Å². The predicted octanol–water partition coefficient (Wildman–Crippen LogP) is 2.13. The van der Waals surface area contributed by atoms with E-state index in [0.29, 0.717) is 0 Å². The standard InChI is InChI=1S/C11H6ClF2N7/c12-9-18-10(17-6-1-2-7(13)8(14)3-6)20-11(19-9)21-5-15-4-16-21/h1-5H,(H,17,18,19,20). The lowest BCUT2D eigenvalue weighted by molar-refractivity contribution is 0.509. The van der Waals surface area contributed by atoms with Crippen molar-refractivity contribution in [1.29, 1.82) is 0 Å². The maximum absolute atomic E-state index is 13.1. The van der Waals surface area contributed by atoms with Crippen molar-refractivity contribution in [2.24, 2.45) is 0 Å². The Balaban J connectivity index is 1.93. The molecule has 0 fully saturated rings. The Labute approximate surface area is 121 Å². The van der Waals surface area contributed by atoms with Crippen molar-refractivity contribution in [3.63, 3.8) is 0 Å². The molecule has 0 aliphatic heterocycles. The van der Waals surface area contributed by atoms with E-state index < -0.39 is 11.6 Å². The van der Waals surface area contributed by atoms with E-state index in [4.69, 9.17) is 11.6 Å². The van der Waals surface area contributed by atoms with Crippen LogP contribution in [0.2, 0.25) is 5.28 Å². The van der Waals surface area contributed by atoms with Gasteiger partial charge < -0.3 is 5.32 Å². The average Bonchev–Trinajstić information content (AvgIpc) is 2.96. The summed E-state index contributed by atoms with van der Waals surface area (Å²) in [4.78, 5) is 15.5. The second-order valence-electron chi connectivity index (χ2n) is 3.82. The Bertz CT molecular complexity index is 778. The number of halogens is 3. The van der Waals surface area contributed by atoms with Crippen molar-refractivity contribution >= 4 is 23.2 Å². The highest BCUT2D eigenvalue weighted by molar-refractivity contribution is 6.28. The number of nitrogens with zero attached hydrogens (tertiary/aromatic N) is 6. The molecular formula is C11H6ClF2N7. The number of anilines is 2. The van der Waals surface area contributed by atoms with Crippen LogP contribution in [0.5, 0.6) is 0 Å². The molecule has 10 heteroatoms. The van der Waals surface area contributed by atoms with E-state index in [1.165, 1.54) is 23.4 Å². The van der Waals surface area contributed by atoms with Gasteiger partial charge in [-0.05, 0) is 23.7 Å². The Kier molecular flexibility index (Phi) is 3.40. The minimum atomic E-state index is -0.989. The Morgan fingerprint density at radius 1 is 1.10 bits per heavy atom. The fourth-order valence-corrected chi connectivity index (χ4v) is 1.67. The predicted molar refractivity (Wildman–Crippen MR) is 69.4 cm³/mol. The third-order valence-corrected chi connectivity index (χ3v) is 2.56. The SMILES string of the molecule is Fc1ccc(Nc2nc(Cl)nc(-n3cncn3)n2)cc1F. The van der Waals surface area contributed by atoms with E-state index in [9.17, 15) is 8.78 Å². The number of aromatic nitrogens is 6. The fourth-order valence-electron chi connectivity index (χ4n) is 1.51. The first-order valence-corrected chi connectivity index (χ1v) is 5.98. The van der Waals surface area contributed by atoms with Crippen LogP contribution in [0, 0.1) is 11.6 Å². The van der Waals surface area contributed by atoms with E-state index in [1.807, 2.05) is 0 Å².